The fourth-order valence-corrected chi connectivity index (χ4v) is 1.44. The minimum Gasteiger partial charge on any atom is -0.397 e. The number of carbonyl (C=O) groups excluding carboxylic acids is 1. The van der Waals surface area contributed by atoms with Crippen LogP contribution in [0.15, 0.2) is 18.3 Å². The van der Waals surface area contributed by atoms with Gasteiger partial charge in [-0.1, -0.05) is 0 Å². The van der Waals surface area contributed by atoms with Gasteiger partial charge in [0.2, 0.25) is 0 Å². The van der Waals surface area contributed by atoms with Crippen molar-refractivity contribution in [3.8, 4) is 0 Å². The van der Waals surface area contributed by atoms with E-state index in [1.165, 1.54) is 6.20 Å². The van der Waals surface area contributed by atoms with E-state index in [2.05, 4.69) is 20.5 Å². The number of H-pyrrole nitrogens is 1. The van der Waals surface area contributed by atoms with Crippen LogP contribution < -0.4 is 11.1 Å². The lowest BCUT2D eigenvalue weighted by Crippen LogP contribution is -2.14. The second-order valence-corrected chi connectivity index (χ2v) is 3.79. The molecule has 0 saturated heterocycles. The molecule has 0 radical (unpaired) electrons. The molecule has 6 heteroatoms. The van der Waals surface area contributed by atoms with Gasteiger partial charge >= 0.3 is 0 Å². The van der Waals surface area contributed by atoms with Crippen LogP contribution in [0.3, 0.4) is 0 Å². The molecule has 0 saturated carbocycles. The Hall–Kier alpha value is -2.37. The Balaban J connectivity index is 2.22. The molecular weight excluding hydrogens is 218 g/mol. The maximum atomic E-state index is 11.9. The zero-order valence-electron chi connectivity index (χ0n) is 9.61. The van der Waals surface area contributed by atoms with Crippen molar-refractivity contribution in [1.29, 1.82) is 0 Å². The molecular formula is C11H13N5O. The number of nitrogens with two attached hydrogens (primary N) is 1. The number of pyridine rings is 1. The molecule has 0 fully saturated rings. The summed E-state index contributed by atoms with van der Waals surface area (Å²) in [5.74, 6) is 0.211. The molecule has 0 aliphatic carbocycles. The van der Waals surface area contributed by atoms with Crippen molar-refractivity contribution in [2.45, 2.75) is 13.8 Å². The van der Waals surface area contributed by atoms with Crippen molar-refractivity contribution in [3.05, 3.63) is 35.3 Å². The standard InChI is InChI=1S/C11H13N5O/c1-6-3-10(16-15-6)14-11(17)9-4-8(12)5-13-7(9)2/h3-5H,12H2,1-2H3,(H2,14,15,16,17). The van der Waals surface area contributed by atoms with Gasteiger partial charge in [-0.05, 0) is 19.9 Å². The molecule has 0 aliphatic heterocycles. The number of hydrogen-bond acceptors (Lipinski definition) is 4. The molecule has 2 aromatic heterocycles. The molecule has 0 atom stereocenters. The molecule has 2 rings (SSSR count). The maximum absolute atomic E-state index is 11.9. The van der Waals surface area contributed by atoms with E-state index in [0.717, 1.165) is 5.69 Å². The number of aromatic nitrogens is 3. The summed E-state index contributed by atoms with van der Waals surface area (Å²) < 4.78 is 0. The van der Waals surface area contributed by atoms with Gasteiger partial charge in [0.05, 0.1) is 23.1 Å². The second-order valence-electron chi connectivity index (χ2n) is 3.79. The highest BCUT2D eigenvalue weighted by atomic mass is 16.1. The lowest BCUT2D eigenvalue weighted by atomic mass is 10.2. The van der Waals surface area contributed by atoms with E-state index in [-0.39, 0.29) is 5.91 Å². The molecule has 6 nitrogen and oxygen atoms in total. The SMILES string of the molecule is Cc1cc(NC(=O)c2cc(N)cnc2C)n[nH]1. The molecule has 88 valence electrons. The van der Waals surface area contributed by atoms with E-state index in [1.807, 2.05) is 6.92 Å². The molecule has 4 N–H and O–H groups in total. The Bertz CT molecular complexity index is 561. The number of carbonyl (C=O) groups is 1. The summed E-state index contributed by atoms with van der Waals surface area (Å²) in [6, 6.07) is 3.34. The fraction of sp³-hybridized carbons (Fsp3) is 0.182. The first-order chi connectivity index (χ1) is 8.06. The van der Waals surface area contributed by atoms with Crippen LogP contribution in [0, 0.1) is 13.8 Å². The van der Waals surface area contributed by atoms with Crippen molar-refractivity contribution < 1.29 is 4.79 Å². The van der Waals surface area contributed by atoms with Crippen molar-refractivity contribution in [2.24, 2.45) is 0 Å². The lowest BCUT2D eigenvalue weighted by Gasteiger charge is -2.05. The Morgan fingerprint density at radius 3 is 2.82 bits per heavy atom. The average Bonchev–Trinajstić information content (AvgIpc) is 2.67. The quantitative estimate of drug-likeness (QED) is 0.724. The highest BCUT2D eigenvalue weighted by Crippen LogP contribution is 2.12. The van der Waals surface area contributed by atoms with E-state index < -0.39 is 0 Å². The van der Waals surface area contributed by atoms with Crippen LogP contribution in [0.2, 0.25) is 0 Å². The van der Waals surface area contributed by atoms with Gasteiger partial charge in [0, 0.05) is 11.8 Å². The molecule has 0 unspecified atom stereocenters. The van der Waals surface area contributed by atoms with Gasteiger partial charge in [-0.15, -0.1) is 0 Å². The zero-order chi connectivity index (χ0) is 12.4. The molecule has 0 aromatic carbocycles. The zero-order valence-corrected chi connectivity index (χ0v) is 9.61. The lowest BCUT2D eigenvalue weighted by molar-refractivity contribution is 0.102. The summed E-state index contributed by atoms with van der Waals surface area (Å²) in [6.07, 6.45) is 1.52. The summed E-state index contributed by atoms with van der Waals surface area (Å²) in [6.45, 7) is 3.61. The third-order valence-corrected chi connectivity index (χ3v) is 2.30. The Morgan fingerprint density at radius 2 is 2.18 bits per heavy atom. The van der Waals surface area contributed by atoms with Gasteiger partial charge in [0.15, 0.2) is 5.82 Å². The fourth-order valence-electron chi connectivity index (χ4n) is 1.44. The van der Waals surface area contributed by atoms with E-state index in [4.69, 9.17) is 5.73 Å². The summed E-state index contributed by atoms with van der Waals surface area (Å²) in [5, 5.41) is 9.34. The van der Waals surface area contributed by atoms with E-state index in [0.29, 0.717) is 22.8 Å². The number of nitrogens with one attached hydrogen (secondary N) is 2. The summed E-state index contributed by atoms with van der Waals surface area (Å²) in [7, 11) is 0. The van der Waals surface area contributed by atoms with Gasteiger partial charge in [-0.2, -0.15) is 5.10 Å². The third-order valence-electron chi connectivity index (χ3n) is 2.30. The number of hydrogen-bond donors (Lipinski definition) is 3. The largest absolute Gasteiger partial charge is 0.397 e. The summed E-state index contributed by atoms with van der Waals surface area (Å²) in [4.78, 5) is 16.0. The first-order valence-corrected chi connectivity index (χ1v) is 5.12. The van der Waals surface area contributed by atoms with Crippen LogP contribution in [0.1, 0.15) is 21.7 Å². The molecule has 1 amide bonds. The number of aryl methyl sites for hydroxylation is 2. The van der Waals surface area contributed by atoms with Crippen LogP contribution in [0.5, 0.6) is 0 Å². The molecule has 2 aromatic rings. The van der Waals surface area contributed by atoms with Gasteiger partial charge in [0.25, 0.3) is 5.91 Å². The molecule has 0 aliphatic rings. The predicted octanol–water partition coefficient (Wildman–Crippen LogP) is 1.26. The van der Waals surface area contributed by atoms with Crippen molar-refractivity contribution in [1.82, 2.24) is 15.2 Å². The highest BCUT2D eigenvalue weighted by Gasteiger charge is 2.11. The third kappa shape index (κ3) is 2.41. The van der Waals surface area contributed by atoms with Crippen LogP contribution in [-0.2, 0) is 0 Å². The molecule has 2 heterocycles. The minimum atomic E-state index is -0.270. The number of nitrogen functional groups attached to an aromatic ring is 1. The van der Waals surface area contributed by atoms with Crippen molar-refractivity contribution >= 4 is 17.4 Å². The molecule has 0 bridgehead atoms. The highest BCUT2D eigenvalue weighted by molar-refractivity contribution is 6.04. The Morgan fingerprint density at radius 1 is 1.41 bits per heavy atom. The first-order valence-electron chi connectivity index (χ1n) is 5.12. The Labute approximate surface area is 98.3 Å². The van der Waals surface area contributed by atoms with Crippen LogP contribution >= 0.6 is 0 Å². The van der Waals surface area contributed by atoms with Crippen LogP contribution in [0.4, 0.5) is 11.5 Å². The predicted molar refractivity (Wildman–Crippen MR) is 64.7 cm³/mol. The molecule has 17 heavy (non-hydrogen) atoms. The topological polar surface area (TPSA) is 96.7 Å². The average molecular weight is 231 g/mol. The van der Waals surface area contributed by atoms with Crippen molar-refractivity contribution in [3.63, 3.8) is 0 Å². The smallest absolute Gasteiger partial charge is 0.258 e. The van der Waals surface area contributed by atoms with Gasteiger partial charge in [-0.25, -0.2) is 0 Å². The second kappa shape index (κ2) is 4.25. The monoisotopic (exact) mass is 231 g/mol. The normalized spacial score (nSPS) is 10.2. The maximum Gasteiger partial charge on any atom is 0.258 e. The minimum absolute atomic E-state index is 0.270. The molecule has 0 spiro atoms. The van der Waals surface area contributed by atoms with Gasteiger partial charge in [0.1, 0.15) is 0 Å². The van der Waals surface area contributed by atoms with E-state index in [9.17, 15) is 4.79 Å². The number of aromatic amines is 1. The number of nitrogens with zero attached hydrogens (tertiary/aromatic N) is 2. The summed E-state index contributed by atoms with van der Waals surface area (Å²) in [5.41, 5.74) is 8.01. The Kier molecular flexibility index (Phi) is 2.78. The van der Waals surface area contributed by atoms with Crippen LogP contribution in [-0.4, -0.2) is 21.1 Å². The van der Waals surface area contributed by atoms with Gasteiger partial charge < -0.3 is 11.1 Å². The van der Waals surface area contributed by atoms with Gasteiger partial charge in [-0.3, -0.25) is 14.9 Å². The number of anilines is 2. The number of amides is 1. The van der Waals surface area contributed by atoms with Crippen LogP contribution in [0.25, 0.3) is 0 Å². The summed E-state index contributed by atoms with van der Waals surface area (Å²) >= 11 is 0. The van der Waals surface area contributed by atoms with E-state index in [1.54, 1.807) is 19.1 Å². The van der Waals surface area contributed by atoms with E-state index >= 15 is 0 Å². The van der Waals surface area contributed by atoms with Crippen molar-refractivity contribution in [2.75, 3.05) is 11.1 Å². The number of rotatable bonds is 2. The first kappa shape index (κ1) is 11.1.